The molecular weight excluding hydrogens is 756 g/mol. The molecule has 0 radical (unpaired) electrons. The van der Waals surface area contributed by atoms with Crippen LogP contribution in [0.1, 0.15) is 80.2 Å². The fraction of sp³-hybridized carbons (Fsp3) is 0.208. The van der Waals surface area contributed by atoms with E-state index in [2.05, 4.69) is 184 Å². The monoisotopic (exact) mass is 804 g/mol. The number of hydrogen-bond donors (Lipinski definition) is 0. The van der Waals surface area contributed by atoms with Crippen LogP contribution in [0.25, 0.3) is 43.1 Å². The minimum absolute atomic E-state index is 0.461. The van der Waals surface area contributed by atoms with Crippen LogP contribution in [-0.4, -0.2) is 8.07 Å². The third kappa shape index (κ3) is 5.17. The number of allylic oxidation sites excluding steroid dienone is 2. The van der Waals surface area contributed by atoms with Gasteiger partial charge in [0.1, 0.15) is 0 Å². The maximum absolute atomic E-state index is 3.62. The summed E-state index contributed by atoms with van der Waals surface area (Å²) in [5, 5.41) is 10.4. The normalized spacial score (nSPS) is 20.8. The van der Waals surface area contributed by atoms with E-state index in [9.17, 15) is 0 Å². The summed E-state index contributed by atoms with van der Waals surface area (Å²) in [5.74, 6) is 0. The van der Waals surface area contributed by atoms with Crippen molar-refractivity contribution in [1.29, 1.82) is 0 Å². The quantitative estimate of drug-likeness (QED) is 0.128. The number of unbranched alkanes of at least 4 members (excludes halogenated alkanes) is 2. The first-order valence-electron chi connectivity index (χ1n) is 20.8. The van der Waals surface area contributed by atoms with Gasteiger partial charge in [-0.1, -0.05) is 0 Å². The molecule has 1 aliphatic heterocycles. The van der Waals surface area contributed by atoms with Crippen molar-refractivity contribution in [2.45, 2.75) is 61.6 Å². The van der Waals surface area contributed by atoms with E-state index in [0.717, 1.165) is 0 Å². The van der Waals surface area contributed by atoms with E-state index < -0.39 is 28.3 Å². The molecule has 0 amide bonds. The van der Waals surface area contributed by atoms with Gasteiger partial charge in [0.15, 0.2) is 0 Å². The van der Waals surface area contributed by atoms with Crippen molar-refractivity contribution in [1.82, 2.24) is 0 Å². The van der Waals surface area contributed by atoms with E-state index in [-0.39, 0.29) is 0 Å². The molecule has 3 aliphatic rings. The van der Waals surface area contributed by atoms with Crippen LogP contribution >= 0.6 is 0 Å². The maximum atomic E-state index is 2.75. The standard InChI is InChI=1S/C45H32Si.2C4H9.Zr/c1-46(35-21-3-2-4-22-35,44-38-25-11-7-17-33(38)29-42(44)40-27-13-19-31-15-5-9-23-36(31)40)45-39-26-12-8-18-34(39)30-43(45)41-28-14-20-32-16-6-10-24-37(32)41;2*1-3-4-2;/h2-30H,1H3;2*1,3-4H2,2H3;. The summed E-state index contributed by atoms with van der Waals surface area (Å²) in [6.45, 7) is 7.63. The van der Waals surface area contributed by atoms with Gasteiger partial charge in [0.2, 0.25) is 0 Å². The second-order valence-corrected chi connectivity index (χ2v) is 31.8. The second-order valence-electron chi connectivity index (χ2n) is 16.6. The predicted molar refractivity (Wildman–Crippen MR) is 237 cm³/mol. The molecule has 7 aromatic carbocycles. The van der Waals surface area contributed by atoms with Crippen molar-refractivity contribution in [3.63, 3.8) is 0 Å². The van der Waals surface area contributed by atoms with Gasteiger partial charge >= 0.3 is 335 Å². The van der Waals surface area contributed by atoms with Crippen LogP contribution in [0.5, 0.6) is 0 Å². The Bertz CT molecular complexity index is 2490. The fourth-order valence-corrected chi connectivity index (χ4v) is 35.1. The fourth-order valence-electron chi connectivity index (χ4n) is 11.7. The van der Waals surface area contributed by atoms with Gasteiger partial charge in [0.05, 0.1) is 0 Å². The second kappa shape index (κ2) is 14.0. The van der Waals surface area contributed by atoms with Crippen molar-refractivity contribution in [2.24, 2.45) is 0 Å². The van der Waals surface area contributed by atoms with Gasteiger partial charge in [0, 0.05) is 0 Å². The molecule has 0 fully saturated rings. The number of fused-ring (bicyclic) bond motifs is 10. The molecule has 270 valence electrons. The van der Waals surface area contributed by atoms with Gasteiger partial charge < -0.3 is 0 Å². The van der Waals surface area contributed by atoms with E-state index in [1.165, 1.54) is 71.8 Å². The van der Waals surface area contributed by atoms with Crippen LogP contribution in [0.3, 0.4) is 0 Å². The zero-order valence-corrected chi connectivity index (χ0v) is 35.9. The molecule has 0 N–H and O–H groups in total. The van der Waals surface area contributed by atoms with Crippen LogP contribution in [0, 0.1) is 0 Å². The Morgan fingerprint density at radius 1 is 0.436 bits per heavy atom. The molecule has 1 heterocycles. The molecule has 0 aromatic heterocycles. The average Bonchev–Trinajstić information content (AvgIpc) is 3.79. The Balaban J connectivity index is 1.48. The van der Waals surface area contributed by atoms with E-state index in [1.54, 1.807) is 43.8 Å². The molecule has 7 aromatic rings. The molecule has 0 nitrogen and oxygen atoms in total. The summed E-state index contributed by atoms with van der Waals surface area (Å²) in [4.78, 5) is 0. The van der Waals surface area contributed by atoms with Crippen molar-refractivity contribution >= 4 is 56.3 Å². The summed E-state index contributed by atoms with van der Waals surface area (Å²) in [5.41, 5.74) is 12.8. The number of benzene rings is 7. The van der Waals surface area contributed by atoms with Crippen LogP contribution in [-0.2, 0) is 20.3 Å². The summed E-state index contributed by atoms with van der Waals surface area (Å²) in [7, 11) is -2.77. The SMILES string of the molecule is CCC[CH2][Zr]1([CH2]CCC)[CH]2C(c3cccc4ccccc34)=C(c3ccccc32)[Si](C)(c2ccccc2)C2=C(c3cccc4ccccc34)[CH]1c1ccccc12. The summed E-state index contributed by atoms with van der Waals surface area (Å²) >= 11 is -3.62. The molecule has 55 heavy (non-hydrogen) atoms. The Kier molecular flexibility index (Phi) is 8.92. The van der Waals surface area contributed by atoms with E-state index in [1.807, 2.05) is 0 Å². The van der Waals surface area contributed by atoms with Crippen molar-refractivity contribution < 1.29 is 20.3 Å². The van der Waals surface area contributed by atoms with Gasteiger partial charge in [-0.2, -0.15) is 0 Å². The predicted octanol–water partition coefficient (Wildman–Crippen LogP) is 14.3. The minimum atomic E-state index is -3.62. The summed E-state index contributed by atoms with van der Waals surface area (Å²) < 4.78 is 3.72. The van der Waals surface area contributed by atoms with E-state index in [4.69, 9.17) is 0 Å². The average molecular weight is 806 g/mol. The van der Waals surface area contributed by atoms with Gasteiger partial charge in [0.25, 0.3) is 0 Å². The first-order valence-corrected chi connectivity index (χ1v) is 29.6. The van der Waals surface area contributed by atoms with Gasteiger partial charge in [-0.25, -0.2) is 0 Å². The molecule has 2 unspecified atom stereocenters. The van der Waals surface area contributed by atoms with E-state index in [0.29, 0.717) is 7.25 Å². The molecule has 0 saturated carbocycles. The third-order valence-electron chi connectivity index (χ3n) is 13.9. The van der Waals surface area contributed by atoms with Crippen molar-refractivity contribution in [3.05, 3.63) is 197 Å². The van der Waals surface area contributed by atoms with Crippen molar-refractivity contribution in [2.75, 3.05) is 0 Å². The molecule has 10 rings (SSSR count). The van der Waals surface area contributed by atoms with E-state index >= 15 is 0 Å². The molecule has 2 heteroatoms. The van der Waals surface area contributed by atoms with Crippen LogP contribution in [0.2, 0.25) is 14.8 Å². The summed E-state index contributed by atoms with van der Waals surface area (Å²) in [6.07, 6.45) is 5.09. The zero-order chi connectivity index (χ0) is 37.1. The zero-order valence-electron chi connectivity index (χ0n) is 32.5. The Labute approximate surface area is 333 Å². The van der Waals surface area contributed by atoms with Gasteiger partial charge in [-0.3, -0.25) is 0 Å². The van der Waals surface area contributed by atoms with Crippen LogP contribution < -0.4 is 5.19 Å². The van der Waals surface area contributed by atoms with Gasteiger partial charge in [-0.15, -0.1) is 0 Å². The molecule has 0 saturated heterocycles. The topological polar surface area (TPSA) is 0 Å². The molecule has 2 atom stereocenters. The summed E-state index contributed by atoms with van der Waals surface area (Å²) in [6, 6.07) is 64.5. The number of rotatable bonds is 9. The number of hydrogen-bond acceptors (Lipinski definition) is 0. The van der Waals surface area contributed by atoms with Gasteiger partial charge in [-0.05, 0) is 0 Å². The Hall–Kier alpha value is -4.36. The Morgan fingerprint density at radius 2 is 0.836 bits per heavy atom. The molecule has 0 spiro atoms. The van der Waals surface area contributed by atoms with Crippen molar-refractivity contribution in [3.8, 4) is 0 Å². The molecule has 4 bridgehead atoms. The first-order chi connectivity index (χ1) is 27.1. The van der Waals surface area contributed by atoms with Crippen LogP contribution in [0.15, 0.2) is 164 Å². The molecular formula is C53H50SiZr. The first kappa shape index (κ1) is 35.1. The van der Waals surface area contributed by atoms with Crippen LogP contribution in [0.4, 0.5) is 0 Å². The third-order valence-corrected chi connectivity index (χ3v) is 33.3. The Morgan fingerprint density at radius 3 is 1.33 bits per heavy atom. The molecule has 2 aliphatic carbocycles.